The SMILES string of the molecule is CC1(C)OC[C@H](CONC(=O)c2ccncc2Cc2ccc(I)cc2F)O1. The minimum absolute atomic E-state index is 0.168. The molecule has 1 aliphatic rings. The molecule has 1 aromatic heterocycles. The average Bonchev–Trinajstić information content (AvgIpc) is 2.96. The lowest BCUT2D eigenvalue weighted by atomic mass is 10.0. The average molecular weight is 486 g/mol. The smallest absolute Gasteiger partial charge is 0.275 e. The number of carbonyl (C=O) groups excluding carboxylic acids is 1. The van der Waals surface area contributed by atoms with Crippen molar-refractivity contribution in [3.8, 4) is 0 Å². The van der Waals surface area contributed by atoms with Gasteiger partial charge >= 0.3 is 0 Å². The highest BCUT2D eigenvalue weighted by Crippen LogP contribution is 2.22. The van der Waals surface area contributed by atoms with Crippen LogP contribution in [-0.2, 0) is 20.7 Å². The summed E-state index contributed by atoms with van der Waals surface area (Å²) < 4.78 is 26.0. The van der Waals surface area contributed by atoms with Crippen LogP contribution >= 0.6 is 22.6 Å². The van der Waals surface area contributed by atoms with Gasteiger partial charge in [-0.25, -0.2) is 9.87 Å². The molecule has 3 rings (SSSR count). The standard InChI is InChI=1S/C19H20FIN2O4/c1-19(2)25-10-15(27-19)11-26-23-18(24)16-5-6-22-9-13(16)7-12-3-4-14(21)8-17(12)20/h3-6,8-9,15H,7,10-11H2,1-2H3,(H,23,24)/t15-/m1/s1. The number of nitrogens with one attached hydrogen (secondary N) is 1. The summed E-state index contributed by atoms with van der Waals surface area (Å²) in [5.74, 6) is -1.38. The molecule has 2 aromatic rings. The van der Waals surface area contributed by atoms with Gasteiger partial charge < -0.3 is 9.47 Å². The van der Waals surface area contributed by atoms with E-state index in [4.69, 9.17) is 14.3 Å². The molecular formula is C19H20FIN2O4. The Morgan fingerprint density at radius 1 is 1.41 bits per heavy atom. The van der Waals surface area contributed by atoms with Crippen LogP contribution in [-0.4, -0.2) is 36.0 Å². The Morgan fingerprint density at radius 2 is 2.22 bits per heavy atom. The molecule has 1 saturated heterocycles. The summed E-state index contributed by atoms with van der Waals surface area (Å²) in [6, 6.07) is 6.57. The number of ether oxygens (including phenoxy) is 2. The summed E-state index contributed by atoms with van der Waals surface area (Å²) in [5.41, 5.74) is 3.90. The molecule has 144 valence electrons. The molecule has 1 aliphatic heterocycles. The molecule has 27 heavy (non-hydrogen) atoms. The molecule has 0 radical (unpaired) electrons. The molecule has 1 atom stereocenters. The van der Waals surface area contributed by atoms with Crippen molar-refractivity contribution in [2.75, 3.05) is 13.2 Å². The van der Waals surface area contributed by atoms with Gasteiger partial charge in [0.05, 0.1) is 6.61 Å². The molecule has 6 nitrogen and oxygen atoms in total. The molecule has 0 aliphatic carbocycles. The van der Waals surface area contributed by atoms with Crippen LogP contribution < -0.4 is 5.48 Å². The van der Waals surface area contributed by atoms with Crippen LogP contribution in [0.4, 0.5) is 4.39 Å². The molecule has 1 aromatic carbocycles. The monoisotopic (exact) mass is 486 g/mol. The third kappa shape index (κ3) is 5.44. The number of hydrogen-bond donors (Lipinski definition) is 1. The van der Waals surface area contributed by atoms with E-state index in [0.29, 0.717) is 23.3 Å². The quantitative estimate of drug-likeness (QED) is 0.502. The molecule has 1 N–H and O–H groups in total. The molecule has 0 saturated carbocycles. The number of nitrogens with zero attached hydrogens (tertiary/aromatic N) is 1. The van der Waals surface area contributed by atoms with Gasteiger partial charge in [-0.2, -0.15) is 0 Å². The van der Waals surface area contributed by atoms with Crippen molar-refractivity contribution in [1.82, 2.24) is 10.5 Å². The number of aromatic nitrogens is 1. The second-order valence-corrected chi connectivity index (χ2v) is 7.88. The van der Waals surface area contributed by atoms with E-state index in [1.54, 1.807) is 18.3 Å². The number of amides is 1. The maximum atomic E-state index is 14.1. The predicted molar refractivity (Wildman–Crippen MR) is 104 cm³/mol. The number of benzene rings is 1. The first kappa shape index (κ1) is 20.1. The third-order valence-corrected chi connectivity index (χ3v) is 4.72. The first-order valence-corrected chi connectivity index (χ1v) is 9.52. The van der Waals surface area contributed by atoms with Crippen molar-refractivity contribution in [3.63, 3.8) is 0 Å². The molecular weight excluding hydrogens is 466 g/mol. The van der Waals surface area contributed by atoms with E-state index in [9.17, 15) is 9.18 Å². The molecule has 2 heterocycles. The Balaban J connectivity index is 1.62. The minimum Gasteiger partial charge on any atom is -0.348 e. The topological polar surface area (TPSA) is 69.7 Å². The van der Waals surface area contributed by atoms with Gasteiger partial charge in [-0.3, -0.25) is 14.6 Å². The summed E-state index contributed by atoms with van der Waals surface area (Å²) in [5, 5.41) is 0. The van der Waals surface area contributed by atoms with Gasteiger partial charge in [-0.05, 0) is 65.8 Å². The van der Waals surface area contributed by atoms with Crippen molar-refractivity contribution < 1.29 is 23.5 Å². The Labute approximate surface area is 170 Å². The first-order chi connectivity index (χ1) is 12.8. The summed E-state index contributed by atoms with van der Waals surface area (Å²) in [7, 11) is 0. The van der Waals surface area contributed by atoms with Crippen LogP contribution in [0.25, 0.3) is 0 Å². The second kappa shape index (κ2) is 8.59. The van der Waals surface area contributed by atoms with E-state index in [1.165, 1.54) is 12.3 Å². The molecule has 0 bridgehead atoms. The summed E-state index contributed by atoms with van der Waals surface area (Å²) >= 11 is 2.05. The van der Waals surface area contributed by atoms with Gasteiger partial charge in [0.1, 0.15) is 18.5 Å². The highest BCUT2D eigenvalue weighted by molar-refractivity contribution is 14.1. The maximum absolute atomic E-state index is 14.1. The van der Waals surface area contributed by atoms with E-state index >= 15 is 0 Å². The van der Waals surface area contributed by atoms with Crippen LogP contribution in [0.1, 0.15) is 35.3 Å². The lowest BCUT2D eigenvalue weighted by molar-refractivity contribution is -0.147. The lowest BCUT2D eigenvalue weighted by Crippen LogP contribution is -2.31. The van der Waals surface area contributed by atoms with Crippen molar-refractivity contribution >= 4 is 28.5 Å². The first-order valence-electron chi connectivity index (χ1n) is 8.45. The largest absolute Gasteiger partial charge is 0.348 e. The van der Waals surface area contributed by atoms with Gasteiger partial charge in [0.15, 0.2) is 5.79 Å². The predicted octanol–water partition coefficient (Wildman–Crippen LogP) is 3.23. The minimum atomic E-state index is -0.645. The highest BCUT2D eigenvalue weighted by atomic mass is 127. The fourth-order valence-electron chi connectivity index (χ4n) is 2.76. The van der Waals surface area contributed by atoms with Crippen LogP contribution in [0.2, 0.25) is 0 Å². The zero-order chi connectivity index (χ0) is 19.4. The Hall–Kier alpha value is -1.62. The fourth-order valence-corrected chi connectivity index (χ4v) is 3.21. The third-order valence-electron chi connectivity index (χ3n) is 4.05. The van der Waals surface area contributed by atoms with Crippen molar-refractivity contribution in [2.24, 2.45) is 0 Å². The summed E-state index contributed by atoms with van der Waals surface area (Å²) in [6.07, 6.45) is 3.08. The number of carbonyl (C=O) groups is 1. The highest BCUT2D eigenvalue weighted by Gasteiger charge is 2.32. The Morgan fingerprint density at radius 3 is 2.93 bits per heavy atom. The zero-order valence-electron chi connectivity index (χ0n) is 15.0. The number of halogens is 2. The normalized spacial score (nSPS) is 18.4. The molecule has 0 unspecified atom stereocenters. The van der Waals surface area contributed by atoms with Crippen LogP contribution in [0.3, 0.4) is 0 Å². The zero-order valence-corrected chi connectivity index (χ0v) is 17.2. The van der Waals surface area contributed by atoms with Crippen LogP contribution in [0, 0.1) is 9.39 Å². The van der Waals surface area contributed by atoms with Gasteiger partial charge in [-0.15, -0.1) is 0 Å². The van der Waals surface area contributed by atoms with Crippen molar-refractivity contribution in [1.29, 1.82) is 0 Å². The van der Waals surface area contributed by atoms with E-state index in [1.807, 2.05) is 19.9 Å². The molecule has 8 heteroatoms. The summed E-state index contributed by atoms with van der Waals surface area (Å²) in [4.78, 5) is 21.8. The number of rotatable bonds is 6. The molecule has 1 amide bonds. The number of hydroxylamine groups is 1. The number of pyridine rings is 1. The van der Waals surface area contributed by atoms with Gasteiger partial charge in [0, 0.05) is 27.9 Å². The molecule has 1 fully saturated rings. The molecule has 0 spiro atoms. The fraction of sp³-hybridized carbons (Fsp3) is 0.368. The second-order valence-electron chi connectivity index (χ2n) is 6.64. The van der Waals surface area contributed by atoms with Gasteiger partial charge in [0.25, 0.3) is 5.91 Å². The van der Waals surface area contributed by atoms with Crippen LogP contribution in [0.15, 0.2) is 36.7 Å². The Bertz CT molecular complexity index is 831. The van der Waals surface area contributed by atoms with Crippen LogP contribution in [0.5, 0.6) is 0 Å². The van der Waals surface area contributed by atoms with E-state index in [2.05, 4.69) is 33.1 Å². The maximum Gasteiger partial charge on any atom is 0.275 e. The van der Waals surface area contributed by atoms with Gasteiger partial charge in [-0.1, -0.05) is 6.07 Å². The lowest BCUT2D eigenvalue weighted by Gasteiger charge is -2.17. The van der Waals surface area contributed by atoms with Crippen molar-refractivity contribution in [2.45, 2.75) is 32.2 Å². The number of hydrogen-bond acceptors (Lipinski definition) is 5. The van der Waals surface area contributed by atoms with E-state index < -0.39 is 11.7 Å². The Kier molecular flexibility index (Phi) is 6.40. The van der Waals surface area contributed by atoms with Gasteiger partial charge in [0.2, 0.25) is 0 Å². The van der Waals surface area contributed by atoms with E-state index in [-0.39, 0.29) is 24.9 Å². The van der Waals surface area contributed by atoms with E-state index in [0.717, 1.165) is 3.57 Å². The summed E-state index contributed by atoms with van der Waals surface area (Å²) in [6.45, 7) is 4.20. The van der Waals surface area contributed by atoms with Crippen molar-refractivity contribution in [3.05, 3.63) is 62.7 Å².